The number of rotatable bonds is 3. The molecule has 0 aliphatic carbocycles. The van der Waals surface area contributed by atoms with E-state index in [2.05, 4.69) is 15.2 Å². The molecule has 1 aliphatic heterocycles. The molecular formula is C9H14ClN3S. The summed E-state index contributed by atoms with van der Waals surface area (Å²) in [6.45, 7) is 3.20. The number of aromatic nitrogens is 1. The Morgan fingerprint density at radius 1 is 1.79 bits per heavy atom. The molecule has 14 heavy (non-hydrogen) atoms. The molecule has 78 valence electrons. The van der Waals surface area contributed by atoms with E-state index in [1.165, 1.54) is 17.8 Å². The van der Waals surface area contributed by atoms with Gasteiger partial charge in [0.25, 0.3) is 0 Å². The molecule has 1 N–H and O–H groups in total. The monoisotopic (exact) mass is 231 g/mol. The van der Waals surface area contributed by atoms with E-state index < -0.39 is 0 Å². The molecule has 1 aliphatic rings. The van der Waals surface area contributed by atoms with Crippen molar-refractivity contribution in [3.05, 3.63) is 15.5 Å². The number of halogens is 1. The van der Waals surface area contributed by atoms with Crippen molar-refractivity contribution in [2.45, 2.75) is 19.0 Å². The second-order valence-corrected chi connectivity index (χ2v) is 5.04. The molecule has 1 unspecified atom stereocenters. The van der Waals surface area contributed by atoms with Crippen molar-refractivity contribution in [3.8, 4) is 0 Å². The number of hydrogen-bond donors (Lipinski definition) is 1. The van der Waals surface area contributed by atoms with Crippen LogP contribution in [-0.2, 0) is 6.54 Å². The Balaban J connectivity index is 1.87. The number of likely N-dealkylation sites (N-methyl/N-ethyl adjacent to an activating group) is 1. The Labute approximate surface area is 93.1 Å². The van der Waals surface area contributed by atoms with Crippen LogP contribution in [0.15, 0.2) is 5.38 Å². The minimum absolute atomic E-state index is 0.643. The average molecular weight is 232 g/mol. The van der Waals surface area contributed by atoms with Gasteiger partial charge in [-0.2, -0.15) is 0 Å². The first-order valence-electron chi connectivity index (χ1n) is 4.77. The van der Waals surface area contributed by atoms with Gasteiger partial charge in [-0.1, -0.05) is 11.6 Å². The molecule has 5 heteroatoms. The van der Waals surface area contributed by atoms with E-state index in [1.54, 1.807) is 0 Å². The number of thiazole rings is 1. The number of nitrogens with one attached hydrogen (secondary N) is 1. The molecule has 2 heterocycles. The summed E-state index contributed by atoms with van der Waals surface area (Å²) in [5, 5.41) is 5.34. The van der Waals surface area contributed by atoms with Gasteiger partial charge in [-0.3, -0.25) is 4.90 Å². The maximum absolute atomic E-state index is 5.78. The fourth-order valence-corrected chi connectivity index (χ4v) is 2.57. The topological polar surface area (TPSA) is 28.2 Å². The Bertz CT molecular complexity index is 302. The van der Waals surface area contributed by atoms with Gasteiger partial charge in [-0.15, -0.1) is 11.3 Å². The van der Waals surface area contributed by atoms with Crippen molar-refractivity contribution in [2.75, 3.05) is 20.1 Å². The van der Waals surface area contributed by atoms with Gasteiger partial charge in [-0.05, 0) is 13.5 Å². The van der Waals surface area contributed by atoms with Crippen molar-refractivity contribution in [1.29, 1.82) is 0 Å². The molecule has 1 aromatic heterocycles. The zero-order chi connectivity index (χ0) is 9.97. The van der Waals surface area contributed by atoms with Crippen LogP contribution in [0.1, 0.15) is 12.1 Å². The highest BCUT2D eigenvalue weighted by Crippen LogP contribution is 2.18. The highest BCUT2D eigenvalue weighted by Gasteiger charge is 2.21. The molecule has 0 amide bonds. The summed E-state index contributed by atoms with van der Waals surface area (Å²) in [5.41, 5.74) is 1.09. The van der Waals surface area contributed by atoms with E-state index in [4.69, 9.17) is 11.6 Å². The third-order valence-electron chi connectivity index (χ3n) is 2.59. The minimum atomic E-state index is 0.643. The van der Waals surface area contributed by atoms with Crippen LogP contribution in [0, 0.1) is 0 Å². The van der Waals surface area contributed by atoms with Gasteiger partial charge in [0.2, 0.25) is 0 Å². The van der Waals surface area contributed by atoms with Crippen LogP contribution in [0.5, 0.6) is 0 Å². The summed E-state index contributed by atoms with van der Waals surface area (Å²) in [7, 11) is 2.02. The zero-order valence-corrected chi connectivity index (χ0v) is 9.74. The Morgan fingerprint density at radius 3 is 3.21 bits per heavy atom. The van der Waals surface area contributed by atoms with Crippen molar-refractivity contribution < 1.29 is 0 Å². The predicted octanol–water partition coefficient (Wildman–Crippen LogP) is 1.59. The fraction of sp³-hybridized carbons (Fsp3) is 0.667. The van der Waals surface area contributed by atoms with Gasteiger partial charge in [-0.25, -0.2) is 4.98 Å². The summed E-state index contributed by atoms with van der Waals surface area (Å²) in [6.07, 6.45) is 1.23. The summed E-state index contributed by atoms with van der Waals surface area (Å²) < 4.78 is 0.643. The van der Waals surface area contributed by atoms with Gasteiger partial charge in [0.05, 0.1) is 5.69 Å². The van der Waals surface area contributed by atoms with E-state index >= 15 is 0 Å². The van der Waals surface area contributed by atoms with E-state index in [0.29, 0.717) is 10.5 Å². The van der Waals surface area contributed by atoms with Crippen molar-refractivity contribution in [3.63, 3.8) is 0 Å². The van der Waals surface area contributed by atoms with Gasteiger partial charge >= 0.3 is 0 Å². The van der Waals surface area contributed by atoms with Gasteiger partial charge in [0.1, 0.15) is 0 Å². The Morgan fingerprint density at radius 2 is 2.64 bits per heavy atom. The summed E-state index contributed by atoms with van der Waals surface area (Å²) in [4.78, 5) is 6.66. The molecule has 0 bridgehead atoms. The average Bonchev–Trinajstić information content (AvgIpc) is 2.76. The Hall–Kier alpha value is -0.160. The molecule has 1 aromatic rings. The lowest BCUT2D eigenvalue weighted by Crippen LogP contribution is -2.29. The number of likely N-dealkylation sites (tertiary alicyclic amines) is 1. The van der Waals surface area contributed by atoms with E-state index in [-0.39, 0.29) is 0 Å². The van der Waals surface area contributed by atoms with E-state index in [0.717, 1.165) is 25.3 Å². The molecule has 0 spiro atoms. The first kappa shape index (κ1) is 10.4. The molecule has 1 saturated heterocycles. The molecule has 0 radical (unpaired) electrons. The maximum Gasteiger partial charge on any atom is 0.183 e. The van der Waals surface area contributed by atoms with Crippen LogP contribution in [-0.4, -0.2) is 36.1 Å². The lowest BCUT2D eigenvalue weighted by molar-refractivity contribution is 0.319. The Kier molecular flexibility index (Phi) is 3.38. The summed E-state index contributed by atoms with van der Waals surface area (Å²) >= 11 is 7.28. The highest BCUT2D eigenvalue weighted by molar-refractivity contribution is 7.13. The second kappa shape index (κ2) is 4.57. The third kappa shape index (κ3) is 2.45. The van der Waals surface area contributed by atoms with Crippen LogP contribution >= 0.6 is 22.9 Å². The van der Waals surface area contributed by atoms with Crippen molar-refractivity contribution in [1.82, 2.24) is 15.2 Å². The van der Waals surface area contributed by atoms with E-state index in [1.807, 2.05) is 12.4 Å². The molecule has 3 nitrogen and oxygen atoms in total. The molecular weight excluding hydrogens is 218 g/mol. The number of hydrogen-bond acceptors (Lipinski definition) is 4. The fourth-order valence-electron chi connectivity index (χ4n) is 1.80. The first-order valence-corrected chi connectivity index (χ1v) is 6.03. The molecule has 1 fully saturated rings. The maximum atomic E-state index is 5.78. The standard InChI is InChI=1S/C9H14ClN3S/c1-11-7-2-3-13(4-7)5-8-6-14-9(10)12-8/h6-7,11H,2-5H2,1H3. The van der Waals surface area contributed by atoms with Crippen molar-refractivity contribution in [2.24, 2.45) is 0 Å². The molecule has 0 saturated carbocycles. The second-order valence-electron chi connectivity index (χ2n) is 3.60. The SMILES string of the molecule is CNC1CCN(Cc2csc(Cl)n2)C1. The molecule has 0 aromatic carbocycles. The lowest BCUT2D eigenvalue weighted by Gasteiger charge is -2.13. The van der Waals surface area contributed by atoms with Crippen LogP contribution in [0.2, 0.25) is 4.47 Å². The minimum Gasteiger partial charge on any atom is -0.316 e. The van der Waals surface area contributed by atoms with Gasteiger partial charge in [0, 0.05) is 31.1 Å². The van der Waals surface area contributed by atoms with E-state index in [9.17, 15) is 0 Å². The smallest absolute Gasteiger partial charge is 0.183 e. The zero-order valence-electron chi connectivity index (χ0n) is 8.16. The molecule has 2 rings (SSSR count). The summed E-state index contributed by atoms with van der Waals surface area (Å²) in [5.74, 6) is 0. The normalized spacial score (nSPS) is 23.1. The quantitative estimate of drug-likeness (QED) is 0.857. The van der Waals surface area contributed by atoms with Crippen LogP contribution in [0.3, 0.4) is 0 Å². The van der Waals surface area contributed by atoms with Crippen LogP contribution < -0.4 is 5.32 Å². The lowest BCUT2D eigenvalue weighted by atomic mass is 10.3. The van der Waals surface area contributed by atoms with Crippen LogP contribution in [0.25, 0.3) is 0 Å². The van der Waals surface area contributed by atoms with Crippen molar-refractivity contribution >= 4 is 22.9 Å². The third-order valence-corrected chi connectivity index (χ3v) is 3.62. The highest BCUT2D eigenvalue weighted by atomic mass is 35.5. The van der Waals surface area contributed by atoms with Gasteiger partial charge < -0.3 is 5.32 Å². The van der Waals surface area contributed by atoms with Gasteiger partial charge in [0.15, 0.2) is 4.47 Å². The number of nitrogens with zero attached hydrogens (tertiary/aromatic N) is 2. The summed E-state index contributed by atoms with van der Waals surface area (Å²) in [6, 6.07) is 0.643. The molecule has 1 atom stereocenters. The largest absolute Gasteiger partial charge is 0.316 e. The first-order chi connectivity index (χ1) is 6.78. The predicted molar refractivity (Wildman–Crippen MR) is 59.9 cm³/mol. The van der Waals surface area contributed by atoms with Crippen LogP contribution in [0.4, 0.5) is 0 Å².